The molecule has 3 nitrogen and oxygen atoms in total. The Morgan fingerprint density at radius 3 is 1.83 bits per heavy atom. The van der Waals surface area contributed by atoms with E-state index in [1.165, 1.54) is 51.4 Å². The number of hydrogen-bond acceptors (Lipinski definition) is 2. The third-order valence-corrected chi connectivity index (χ3v) is 5.95. The molecule has 0 spiro atoms. The Kier molecular flexibility index (Phi) is 10.8. The molecule has 0 heterocycles. The van der Waals surface area contributed by atoms with Crippen LogP contribution in [0.2, 0.25) is 0 Å². The predicted octanol–water partition coefficient (Wildman–Crippen LogP) is 5.65. The molecular weight excluding hydrogens is 374 g/mol. The van der Waals surface area contributed by atoms with Gasteiger partial charge >= 0.3 is 0 Å². The van der Waals surface area contributed by atoms with Gasteiger partial charge in [-0.1, -0.05) is 80.6 Å². The van der Waals surface area contributed by atoms with E-state index in [0.29, 0.717) is 11.4 Å². The van der Waals surface area contributed by atoms with Crippen molar-refractivity contribution in [2.24, 2.45) is 0 Å². The summed E-state index contributed by atoms with van der Waals surface area (Å²) >= 11 is 3.31. The summed E-state index contributed by atoms with van der Waals surface area (Å²) in [4.78, 5) is 0.327. The summed E-state index contributed by atoms with van der Waals surface area (Å²) < 4.78 is 27.7. The van der Waals surface area contributed by atoms with Crippen LogP contribution in [0.5, 0.6) is 0 Å². The summed E-state index contributed by atoms with van der Waals surface area (Å²) in [6.45, 7) is 2.76. The minimum Gasteiger partial charge on any atom is -0.211 e. The summed E-state index contributed by atoms with van der Waals surface area (Å²) in [6, 6.07) is 6.72. The van der Waals surface area contributed by atoms with Gasteiger partial charge in [-0.15, -0.1) is 0 Å². The van der Waals surface area contributed by atoms with E-state index in [9.17, 15) is 8.42 Å². The zero-order chi connectivity index (χ0) is 17.0. The summed E-state index contributed by atoms with van der Waals surface area (Å²) in [5.74, 6) is 0. The fourth-order valence-electron chi connectivity index (χ4n) is 2.52. The third kappa shape index (κ3) is 9.48. The van der Waals surface area contributed by atoms with E-state index in [4.69, 9.17) is 0 Å². The number of sulfonamides is 1. The molecule has 0 amide bonds. The van der Waals surface area contributed by atoms with Gasteiger partial charge in [-0.2, -0.15) is 0 Å². The van der Waals surface area contributed by atoms with E-state index < -0.39 is 10.0 Å². The van der Waals surface area contributed by atoms with E-state index >= 15 is 0 Å². The topological polar surface area (TPSA) is 46.2 Å². The molecule has 0 unspecified atom stereocenters. The van der Waals surface area contributed by atoms with Crippen molar-refractivity contribution in [3.63, 3.8) is 0 Å². The standard InChI is InChI=1S/C18H30BrNO2S/c1-2-3-4-5-6-7-8-9-10-11-16-20-23(21,22)18-14-12-17(19)13-15-18/h12-15,20H,2-11,16H2,1H3. The van der Waals surface area contributed by atoms with Crippen LogP contribution in [0.15, 0.2) is 33.6 Å². The number of nitrogens with one attached hydrogen (secondary N) is 1. The van der Waals surface area contributed by atoms with Crippen LogP contribution < -0.4 is 4.72 Å². The van der Waals surface area contributed by atoms with Crippen LogP contribution in [-0.4, -0.2) is 15.0 Å². The second kappa shape index (κ2) is 12.0. The Bertz CT molecular complexity index is 514. The molecule has 0 aliphatic rings. The number of rotatable bonds is 13. The van der Waals surface area contributed by atoms with Crippen molar-refractivity contribution in [3.05, 3.63) is 28.7 Å². The molecule has 23 heavy (non-hydrogen) atoms. The Morgan fingerprint density at radius 1 is 0.826 bits per heavy atom. The molecule has 1 aromatic rings. The smallest absolute Gasteiger partial charge is 0.211 e. The van der Waals surface area contributed by atoms with Gasteiger partial charge in [-0.3, -0.25) is 0 Å². The highest BCUT2D eigenvalue weighted by atomic mass is 79.9. The minimum absolute atomic E-state index is 0.327. The van der Waals surface area contributed by atoms with Crippen molar-refractivity contribution >= 4 is 26.0 Å². The van der Waals surface area contributed by atoms with Crippen LogP contribution >= 0.6 is 15.9 Å². The molecule has 0 saturated heterocycles. The lowest BCUT2D eigenvalue weighted by Crippen LogP contribution is -2.24. The molecule has 0 aromatic heterocycles. The lowest BCUT2D eigenvalue weighted by atomic mass is 10.1. The summed E-state index contributed by atoms with van der Waals surface area (Å²) in [5, 5.41) is 0. The first-order valence-corrected chi connectivity index (χ1v) is 11.1. The van der Waals surface area contributed by atoms with E-state index in [1.54, 1.807) is 24.3 Å². The highest BCUT2D eigenvalue weighted by molar-refractivity contribution is 9.10. The van der Waals surface area contributed by atoms with Crippen molar-refractivity contribution in [3.8, 4) is 0 Å². The van der Waals surface area contributed by atoms with Crippen molar-refractivity contribution < 1.29 is 8.42 Å². The molecule has 0 aliphatic heterocycles. The molecule has 1 N–H and O–H groups in total. The largest absolute Gasteiger partial charge is 0.240 e. The van der Waals surface area contributed by atoms with E-state index in [-0.39, 0.29) is 0 Å². The average Bonchev–Trinajstić information content (AvgIpc) is 2.53. The van der Waals surface area contributed by atoms with Gasteiger partial charge in [0.15, 0.2) is 0 Å². The maximum absolute atomic E-state index is 12.1. The molecule has 0 bridgehead atoms. The van der Waals surface area contributed by atoms with Gasteiger partial charge in [0.25, 0.3) is 0 Å². The van der Waals surface area contributed by atoms with Gasteiger partial charge in [-0.25, -0.2) is 13.1 Å². The van der Waals surface area contributed by atoms with Crippen molar-refractivity contribution in [2.75, 3.05) is 6.54 Å². The summed E-state index contributed by atoms with van der Waals surface area (Å²) in [6.07, 6.45) is 12.5. The molecule has 0 aliphatic carbocycles. The fourth-order valence-corrected chi connectivity index (χ4v) is 3.85. The molecule has 1 rings (SSSR count). The van der Waals surface area contributed by atoms with Crippen LogP contribution in [-0.2, 0) is 10.0 Å². The van der Waals surface area contributed by atoms with Crippen molar-refractivity contribution in [2.45, 2.75) is 76.0 Å². The second-order valence-electron chi connectivity index (χ2n) is 6.03. The van der Waals surface area contributed by atoms with Gasteiger partial charge in [0.1, 0.15) is 0 Å². The average molecular weight is 404 g/mol. The quantitative estimate of drug-likeness (QED) is 0.432. The van der Waals surface area contributed by atoms with Gasteiger partial charge in [0, 0.05) is 11.0 Å². The lowest BCUT2D eigenvalue weighted by molar-refractivity contribution is 0.549. The summed E-state index contributed by atoms with van der Waals surface area (Å²) in [5.41, 5.74) is 0. The van der Waals surface area contributed by atoms with Crippen LogP contribution in [0.25, 0.3) is 0 Å². The Morgan fingerprint density at radius 2 is 1.30 bits per heavy atom. The Labute approximate surface area is 150 Å². The molecule has 0 radical (unpaired) electrons. The minimum atomic E-state index is -3.36. The molecule has 1 aromatic carbocycles. The highest BCUT2D eigenvalue weighted by Gasteiger charge is 2.12. The van der Waals surface area contributed by atoms with Crippen LogP contribution in [0.4, 0.5) is 0 Å². The fraction of sp³-hybridized carbons (Fsp3) is 0.667. The zero-order valence-corrected chi connectivity index (χ0v) is 16.6. The SMILES string of the molecule is CCCCCCCCCCCCNS(=O)(=O)c1ccc(Br)cc1. The van der Waals surface area contributed by atoms with Crippen LogP contribution in [0.3, 0.4) is 0 Å². The predicted molar refractivity (Wildman–Crippen MR) is 101 cm³/mol. The van der Waals surface area contributed by atoms with Gasteiger partial charge < -0.3 is 0 Å². The number of hydrogen-bond donors (Lipinski definition) is 1. The molecule has 5 heteroatoms. The van der Waals surface area contributed by atoms with E-state index in [1.807, 2.05) is 0 Å². The first kappa shape index (κ1) is 20.7. The van der Waals surface area contributed by atoms with Gasteiger partial charge in [-0.05, 0) is 30.7 Å². The Balaban J connectivity index is 2.05. The monoisotopic (exact) mass is 403 g/mol. The van der Waals surface area contributed by atoms with Crippen molar-refractivity contribution in [1.82, 2.24) is 4.72 Å². The molecule has 0 fully saturated rings. The maximum Gasteiger partial charge on any atom is 0.240 e. The normalized spacial score (nSPS) is 11.7. The Hall–Kier alpha value is -0.390. The molecule has 132 valence electrons. The zero-order valence-electron chi connectivity index (χ0n) is 14.2. The summed E-state index contributed by atoms with van der Waals surface area (Å²) in [7, 11) is -3.36. The molecule has 0 atom stereocenters. The third-order valence-electron chi connectivity index (χ3n) is 3.95. The second-order valence-corrected chi connectivity index (χ2v) is 8.72. The number of unbranched alkanes of at least 4 members (excludes halogenated alkanes) is 9. The van der Waals surface area contributed by atoms with Gasteiger partial charge in [0.05, 0.1) is 4.90 Å². The van der Waals surface area contributed by atoms with Gasteiger partial charge in [0.2, 0.25) is 10.0 Å². The number of benzene rings is 1. The van der Waals surface area contributed by atoms with Crippen LogP contribution in [0, 0.1) is 0 Å². The first-order chi connectivity index (χ1) is 11.1. The van der Waals surface area contributed by atoms with E-state index in [0.717, 1.165) is 17.3 Å². The lowest BCUT2D eigenvalue weighted by Gasteiger charge is -2.07. The van der Waals surface area contributed by atoms with Crippen LogP contribution in [0.1, 0.15) is 71.1 Å². The van der Waals surface area contributed by atoms with Crippen molar-refractivity contribution in [1.29, 1.82) is 0 Å². The highest BCUT2D eigenvalue weighted by Crippen LogP contribution is 2.15. The molecule has 0 saturated carbocycles. The molecular formula is C18H30BrNO2S. The first-order valence-electron chi connectivity index (χ1n) is 8.81. The maximum atomic E-state index is 12.1. The van der Waals surface area contributed by atoms with E-state index in [2.05, 4.69) is 27.6 Å². The number of halogens is 1.